The number of nitrogens with two attached hydrogens (primary N) is 1. The van der Waals surface area contributed by atoms with E-state index >= 15 is 0 Å². The van der Waals surface area contributed by atoms with Crippen LogP contribution in [-0.4, -0.2) is 53.5 Å². The fourth-order valence-corrected chi connectivity index (χ4v) is 4.06. The van der Waals surface area contributed by atoms with Crippen LogP contribution in [0.3, 0.4) is 0 Å². The predicted molar refractivity (Wildman–Crippen MR) is 87.1 cm³/mol. The summed E-state index contributed by atoms with van der Waals surface area (Å²) in [6, 6.07) is 1.18. The van der Waals surface area contributed by atoms with E-state index in [2.05, 4.69) is 23.6 Å². The van der Waals surface area contributed by atoms with E-state index in [1.54, 1.807) is 0 Å². The molecule has 2 fully saturated rings. The largest absolute Gasteiger partial charge is 0.336 e. The zero-order valence-electron chi connectivity index (χ0n) is 13.9. The van der Waals surface area contributed by atoms with Crippen LogP contribution < -0.4 is 5.73 Å². The Morgan fingerprint density at radius 2 is 1.81 bits per heavy atom. The van der Waals surface area contributed by atoms with E-state index in [9.17, 15) is 4.79 Å². The average molecular weight is 295 g/mol. The van der Waals surface area contributed by atoms with Crippen molar-refractivity contribution in [3.63, 3.8) is 0 Å². The fraction of sp³-hybridized carbons (Fsp3) is 0.941. The van der Waals surface area contributed by atoms with Crippen LogP contribution in [0.4, 0.5) is 0 Å². The Morgan fingerprint density at radius 1 is 1.14 bits per heavy atom. The second kappa shape index (κ2) is 8.14. The summed E-state index contributed by atoms with van der Waals surface area (Å²) in [6.07, 6.45) is 9.85. The predicted octanol–water partition coefficient (Wildman–Crippen LogP) is 2.37. The maximum absolute atomic E-state index is 12.9. The van der Waals surface area contributed by atoms with Crippen molar-refractivity contribution in [1.82, 2.24) is 9.80 Å². The van der Waals surface area contributed by atoms with Gasteiger partial charge in [-0.15, -0.1) is 0 Å². The monoisotopic (exact) mass is 295 g/mol. The van der Waals surface area contributed by atoms with E-state index < -0.39 is 0 Å². The van der Waals surface area contributed by atoms with Gasteiger partial charge >= 0.3 is 0 Å². The SMILES string of the molecule is CC(C)N(C(=O)CN1CCCCC1CN)C1CCCCC1. The molecule has 1 amide bonds. The van der Waals surface area contributed by atoms with Gasteiger partial charge in [-0.25, -0.2) is 0 Å². The highest BCUT2D eigenvalue weighted by Gasteiger charge is 2.30. The van der Waals surface area contributed by atoms with Crippen LogP contribution in [0.1, 0.15) is 65.2 Å². The lowest BCUT2D eigenvalue weighted by molar-refractivity contribution is -0.138. The Bertz CT molecular complexity index is 326. The number of likely N-dealkylation sites (tertiary alicyclic amines) is 1. The molecule has 2 aliphatic rings. The average Bonchev–Trinajstić information content (AvgIpc) is 2.48. The van der Waals surface area contributed by atoms with Gasteiger partial charge in [0.05, 0.1) is 6.54 Å². The molecule has 4 nitrogen and oxygen atoms in total. The van der Waals surface area contributed by atoms with Crippen molar-refractivity contribution in [3.05, 3.63) is 0 Å². The van der Waals surface area contributed by atoms with Crippen molar-refractivity contribution in [2.45, 2.75) is 83.3 Å². The number of carbonyl (C=O) groups is 1. The van der Waals surface area contributed by atoms with Gasteiger partial charge in [0, 0.05) is 24.7 Å². The molecule has 0 aromatic heterocycles. The van der Waals surface area contributed by atoms with Crippen molar-refractivity contribution in [2.24, 2.45) is 5.73 Å². The Kier molecular flexibility index (Phi) is 6.49. The topological polar surface area (TPSA) is 49.6 Å². The van der Waals surface area contributed by atoms with Gasteiger partial charge in [-0.1, -0.05) is 25.7 Å². The molecule has 21 heavy (non-hydrogen) atoms. The standard InChI is InChI=1S/C17H33N3O/c1-14(2)20(15-8-4-3-5-9-15)17(21)13-19-11-7-6-10-16(19)12-18/h14-16H,3-13,18H2,1-2H3. The molecule has 1 unspecified atom stereocenters. The first-order valence-electron chi connectivity index (χ1n) is 8.88. The van der Waals surface area contributed by atoms with Gasteiger partial charge in [0.15, 0.2) is 0 Å². The second-order valence-corrected chi connectivity index (χ2v) is 7.04. The number of rotatable bonds is 5. The van der Waals surface area contributed by atoms with Crippen molar-refractivity contribution in [3.8, 4) is 0 Å². The van der Waals surface area contributed by atoms with E-state index in [0.29, 0.717) is 37.1 Å². The Labute approximate surface area is 130 Å². The molecular weight excluding hydrogens is 262 g/mol. The normalized spacial score (nSPS) is 25.2. The Hall–Kier alpha value is -0.610. The van der Waals surface area contributed by atoms with E-state index in [4.69, 9.17) is 5.73 Å². The zero-order valence-corrected chi connectivity index (χ0v) is 13.9. The lowest BCUT2D eigenvalue weighted by Crippen LogP contribution is -2.53. The summed E-state index contributed by atoms with van der Waals surface area (Å²) in [5, 5.41) is 0. The maximum atomic E-state index is 12.9. The van der Waals surface area contributed by atoms with E-state index in [1.807, 2.05) is 0 Å². The third-order valence-corrected chi connectivity index (χ3v) is 5.17. The van der Waals surface area contributed by atoms with Gasteiger partial charge in [-0.3, -0.25) is 9.69 Å². The van der Waals surface area contributed by atoms with Crippen LogP contribution in [0.5, 0.6) is 0 Å². The molecule has 122 valence electrons. The van der Waals surface area contributed by atoms with E-state index in [1.165, 1.54) is 44.9 Å². The van der Waals surface area contributed by atoms with Crippen LogP contribution in [0.25, 0.3) is 0 Å². The smallest absolute Gasteiger partial charge is 0.237 e. The van der Waals surface area contributed by atoms with E-state index in [0.717, 1.165) is 13.0 Å². The first-order chi connectivity index (χ1) is 10.1. The first-order valence-corrected chi connectivity index (χ1v) is 8.88. The third-order valence-electron chi connectivity index (χ3n) is 5.17. The summed E-state index contributed by atoms with van der Waals surface area (Å²) in [5.74, 6) is 0.317. The molecule has 0 radical (unpaired) electrons. The fourth-order valence-electron chi connectivity index (χ4n) is 4.06. The van der Waals surface area contributed by atoms with Gasteiger partial charge in [0.2, 0.25) is 5.91 Å². The molecule has 0 aromatic rings. The molecule has 2 N–H and O–H groups in total. The summed E-state index contributed by atoms with van der Waals surface area (Å²) in [7, 11) is 0. The number of hydrogen-bond acceptors (Lipinski definition) is 3. The summed E-state index contributed by atoms with van der Waals surface area (Å²) in [6.45, 7) is 6.59. The summed E-state index contributed by atoms with van der Waals surface area (Å²) in [5.41, 5.74) is 5.88. The Balaban J connectivity index is 1.97. The Morgan fingerprint density at radius 3 is 2.43 bits per heavy atom. The van der Waals surface area contributed by atoms with E-state index in [-0.39, 0.29) is 0 Å². The minimum absolute atomic E-state index is 0.307. The lowest BCUT2D eigenvalue weighted by atomic mass is 9.93. The molecule has 1 atom stereocenters. The molecule has 1 heterocycles. The highest BCUT2D eigenvalue weighted by molar-refractivity contribution is 5.79. The van der Waals surface area contributed by atoms with Crippen LogP contribution in [-0.2, 0) is 4.79 Å². The van der Waals surface area contributed by atoms with Crippen molar-refractivity contribution in [2.75, 3.05) is 19.6 Å². The lowest BCUT2D eigenvalue weighted by Gasteiger charge is -2.40. The van der Waals surface area contributed by atoms with Crippen LogP contribution in [0.2, 0.25) is 0 Å². The van der Waals surface area contributed by atoms with Crippen molar-refractivity contribution < 1.29 is 4.79 Å². The molecule has 1 aliphatic carbocycles. The minimum Gasteiger partial charge on any atom is -0.336 e. The van der Waals surface area contributed by atoms with Crippen molar-refractivity contribution in [1.29, 1.82) is 0 Å². The first kappa shape index (κ1) is 16.8. The highest BCUT2D eigenvalue weighted by Crippen LogP contribution is 2.25. The van der Waals surface area contributed by atoms with Gasteiger partial charge in [0.1, 0.15) is 0 Å². The van der Waals surface area contributed by atoms with Gasteiger partial charge in [-0.2, -0.15) is 0 Å². The quantitative estimate of drug-likeness (QED) is 0.847. The number of nitrogens with zero attached hydrogens (tertiary/aromatic N) is 2. The molecule has 4 heteroatoms. The number of carbonyl (C=O) groups excluding carboxylic acids is 1. The molecule has 0 spiro atoms. The summed E-state index contributed by atoms with van der Waals surface area (Å²) in [4.78, 5) is 17.3. The molecule has 2 rings (SSSR count). The molecule has 1 saturated carbocycles. The van der Waals surface area contributed by atoms with Crippen molar-refractivity contribution >= 4 is 5.91 Å². The van der Waals surface area contributed by atoms with Gasteiger partial charge < -0.3 is 10.6 Å². The minimum atomic E-state index is 0.307. The molecule has 0 aromatic carbocycles. The molecule has 1 aliphatic heterocycles. The highest BCUT2D eigenvalue weighted by atomic mass is 16.2. The molecule has 0 bridgehead atoms. The maximum Gasteiger partial charge on any atom is 0.237 e. The second-order valence-electron chi connectivity index (χ2n) is 7.04. The third kappa shape index (κ3) is 4.43. The number of amides is 1. The summed E-state index contributed by atoms with van der Waals surface area (Å²) >= 11 is 0. The van der Waals surface area contributed by atoms with Gasteiger partial charge in [0.25, 0.3) is 0 Å². The number of piperidine rings is 1. The summed E-state index contributed by atoms with van der Waals surface area (Å²) < 4.78 is 0. The van der Waals surface area contributed by atoms with Crippen LogP contribution >= 0.6 is 0 Å². The van der Waals surface area contributed by atoms with Crippen LogP contribution in [0.15, 0.2) is 0 Å². The van der Waals surface area contributed by atoms with Gasteiger partial charge in [-0.05, 0) is 46.1 Å². The molecule has 1 saturated heterocycles. The van der Waals surface area contributed by atoms with Crippen LogP contribution in [0, 0.1) is 0 Å². The number of hydrogen-bond donors (Lipinski definition) is 1. The molecular formula is C17H33N3O. The zero-order chi connectivity index (χ0) is 15.2.